The van der Waals surface area contributed by atoms with E-state index in [1.807, 2.05) is 20.8 Å². The maximum atomic E-state index is 12.8. The molecule has 1 aliphatic rings. The van der Waals surface area contributed by atoms with Gasteiger partial charge in [-0.3, -0.25) is 14.5 Å². The van der Waals surface area contributed by atoms with Crippen LogP contribution in [-0.2, 0) is 11.3 Å². The summed E-state index contributed by atoms with van der Waals surface area (Å²) in [4.78, 5) is 26.8. The fourth-order valence-corrected chi connectivity index (χ4v) is 4.12. The van der Waals surface area contributed by atoms with Gasteiger partial charge in [-0.15, -0.1) is 0 Å². The van der Waals surface area contributed by atoms with Gasteiger partial charge in [-0.25, -0.2) is 0 Å². The Labute approximate surface area is 196 Å². The molecule has 164 valence electrons. The largest absolute Gasteiger partial charge is 0.490 e. The smallest absolute Gasteiger partial charge is 0.293 e. The second kappa shape index (κ2) is 10.4. The van der Waals surface area contributed by atoms with Gasteiger partial charge in [0.1, 0.15) is 0 Å². The second-order valence-corrected chi connectivity index (χ2v) is 8.83. The SMILES string of the molecule is CCOc1cc(/C=C2/SC(=O)N(Cc3ccc(Cl)cc3)C2=O)cc(Cl)c1O[C@@H](C)CC. The number of carbonyl (C=O) groups is 2. The van der Waals surface area contributed by atoms with E-state index >= 15 is 0 Å². The van der Waals surface area contributed by atoms with Crippen molar-refractivity contribution in [3.05, 3.63) is 62.5 Å². The van der Waals surface area contributed by atoms with Gasteiger partial charge in [0.25, 0.3) is 11.1 Å². The summed E-state index contributed by atoms with van der Waals surface area (Å²) in [7, 11) is 0. The molecule has 8 heteroatoms. The van der Waals surface area contributed by atoms with E-state index in [2.05, 4.69) is 0 Å². The number of rotatable bonds is 8. The Morgan fingerprint density at radius 2 is 1.84 bits per heavy atom. The Bertz CT molecular complexity index is 1010. The summed E-state index contributed by atoms with van der Waals surface area (Å²) in [6.45, 7) is 6.47. The van der Waals surface area contributed by atoms with Crippen molar-refractivity contribution in [2.45, 2.75) is 39.8 Å². The fourth-order valence-electron chi connectivity index (χ4n) is 2.89. The molecule has 0 aromatic heterocycles. The van der Waals surface area contributed by atoms with Crippen LogP contribution in [0.1, 0.15) is 38.3 Å². The molecule has 0 saturated carbocycles. The van der Waals surface area contributed by atoms with Crippen LogP contribution in [0.4, 0.5) is 4.79 Å². The Balaban J connectivity index is 1.86. The van der Waals surface area contributed by atoms with Crippen LogP contribution in [0.2, 0.25) is 10.0 Å². The lowest BCUT2D eigenvalue weighted by atomic mass is 10.1. The van der Waals surface area contributed by atoms with E-state index in [1.54, 1.807) is 42.5 Å². The number of nitrogens with zero attached hydrogens (tertiary/aromatic N) is 1. The van der Waals surface area contributed by atoms with Gasteiger partial charge in [-0.2, -0.15) is 0 Å². The van der Waals surface area contributed by atoms with Crippen LogP contribution < -0.4 is 9.47 Å². The molecular formula is C23H23Cl2NO4S. The number of carbonyl (C=O) groups excluding carboxylic acids is 2. The third-order valence-corrected chi connectivity index (χ3v) is 6.09. The fraction of sp³-hybridized carbons (Fsp3) is 0.304. The van der Waals surface area contributed by atoms with Crippen molar-refractivity contribution in [2.24, 2.45) is 0 Å². The molecule has 31 heavy (non-hydrogen) atoms. The minimum Gasteiger partial charge on any atom is -0.490 e. The minimum absolute atomic E-state index is 0.0214. The van der Waals surface area contributed by atoms with Gasteiger partial charge >= 0.3 is 0 Å². The molecule has 0 unspecified atom stereocenters. The van der Waals surface area contributed by atoms with Crippen LogP contribution in [0, 0.1) is 0 Å². The summed E-state index contributed by atoms with van der Waals surface area (Å²) in [6, 6.07) is 10.5. The molecule has 3 rings (SSSR count). The Kier molecular flexibility index (Phi) is 7.92. The first-order chi connectivity index (χ1) is 14.8. The molecule has 1 atom stereocenters. The quantitative estimate of drug-likeness (QED) is 0.389. The average Bonchev–Trinajstić information content (AvgIpc) is 2.99. The number of amides is 2. The summed E-state index contributed by atoms with van der Waals surface area (Å²) < 4.78 is 11.6. The van der Waals surface area contributed by atoms with Crippen LogP contribution in [-0.4, -0.2) is 28.8 Å². The van der Waals surface area contributed by atoms with Crippen LogP contribution >= 0.6 is 35.0 Å². The van der Waals surface area contributed by atoms with E-state index in [1.165, 1.54) is 4.90 Å². The molecule has 1 heterocycles. The third kappa shape index (κ3) is 5.76. The van der Waals surface area contributed by atoms with Gasteiger partial charge in [0, 0.05) is 5.02 Å². The Morgan fingerprint density at radius 1 is 1.13 bits per heavy atom. The zero-order valence-corrected chi connectivity index (χ0v) is 19.8. The molecular weight excluding hydrogens is 457 g/mol. The van der Waals surface area contributed by atoms with Crippen molar-refractivity contribution in [3.63, 3.8) is 0 Å². The monoisotopic (exact) mass is 479 g/mol. The highest BCUT2D eigenvalue weighted by atomic mass is 35.5. The number of imide groups is 1. The van der Waals surface area contributed by atoms with E-state index in [0.717, 1.165) is 23.7 Å². The molecule has 0 aliphatic carbocycles. The molecule has 0 N–H and O–H groups in total. The molecule has 2 amide bonds. The predicted octanol–water partition coefficient (Wildman–Crippen LogP) is 6.81. The topological polar surface area (TPSA) is 55.8 Å². The van der Waals surface area contributed by atoms with Crippen molar-refractivity contribution in [1.82, 2.24) is 4.90 Å². The highest BCUT2D eigenvalue weighted by Gasteiger charge is 2.35. The molecule has 5 nitrogen and oxygen atoms in total. The van der Waals surface area contributed by atoms with Gasteiger partial charge < -0.3 is 9.47 Å². The molecule has 2 aromatic rings. The maximum Gasteiger partial charge on any atom is 0.293 e. The normalized spacial score (nSPS) is 16.2. The first-order valence-electron chi connectivity index (χ1n) is 9.95. The Morgan fingerprint density at radius 3 is 2.48 bits per heavy atom. The molecule has 1 fully saturated rings. The minimum atomic E-state index is -0.348. The molecule has 1 aliphatic heterocycles. The number of thioether (sulfide) groups is 1. The van der Waals surface area contributed by atoms with E-state index in [4.69, 9.17) is 32.7 Å². The molecule has 1 saturated heterocycles. The first kappa shape index (κ1) is 23.5. The molecule has 0 radical (unpaired) electrons. The number of benzene rings is 2. The van der Waals surface area contributed by atoms with E-state index < -0.39 is 0 Å². The zero-order chi connectivity index (χ0) is 22.5. The number of hydrogen-bond donors (Lipinski definition) is 0. The van der Waals surface area contributed by atoms with Gasteiger partial charge in [-0.05, 0) is 73.5 Å². The third-order valence-electron chi connectivity index (χ3n) is 4.65. The lowest BCUT2D eigenvalue weighted by molar-refractivity contribution is -0.123. The van der Waals surface area contributed by atoms with Crippen LogP contribution in [0.5, 0.6) is 11.5 Å². The van der Waals surface area contributed by atoms with Crippen LogP contribution in [0.3, 0.4) is 0 Å². The lowest BCUT2D eigenvalue weighted by Crippen LogP contribution is -2.27. The van der Waals surface area contributed by atoms with Crippen LogP contribution in [0.15, 0.2) is 41.3 Å². The first-order valence-corrected chi connectivity index (χ1v) is 11.5. The zero-order valence-electron chi connectivity index (χ0n) is 17.5. The number of halogens is 2. The van der Waals surface area contributed by atoms with Crippen LogP contribution in [0.25, 0.3) is 6.08 Å². The van der Waals surface area contributed by atoms with E-state index in [9.17, 15) is 9.59 Å². The maximum absolute atomic E-state index is 12.8. The second-order valence-electron chi connectivity index (χ2n) is 6.99. The van der Waals surface area contributed by atoms with E-state index in [0.29, 0.717) is 38.6 Å². The van der Waals surface area contributed by atoms with Crippen molar-refractivity contribution in [3.8, 4) is 11.5 Å². The predicted molar refractivity (Wildman–Crippen MR) is 126 cm³/mol. The summed E-state index contributed by atoms with van der Waals surface area (Å²) in [5.74, 6) is 0.631. The summed E-state index contributed by atoms with van der Waals surface area (Å²) in [6.07, 6.45) is 2.45. The number of ether oxygens (including phenoxy) is 2. The van der Waals surface area contributed by atoms with Crippen molar-refractivity contribution in [1.29, 1.82) is 0 Å². The average molecular weight is 480 g/mol. The van der Waals surface area contributed by atoms with Crippen molar-refractivity contribution >= 4 is 52.2 Å². The summed E-state index contributed by atoms with van der Waals surface area (Å²) >= 11 is 13.3. The van der Waals surface area contributed by atoms with Crippen molar-refractivity contribution in [2.75, 3.05) is 6.61 Å². The van der Waals surface area contributed by atoms with E-state index in [-0.39, 0.29) is 23.8 Å². The highest BCUT2D eigenvalue weighted by Crippen LogP contribution is 2.40. The molecule has 0 bridgehead atoms. The lowest BCUT2D eigenvalue weighted by Gasteiger charge is -2.18. The highest BCUT2D eigenvalue weighted by molar-refractivity contribution is 8.18. The standard InChI is InChI=1S/C23H23Cl2NO4S/c1-4-14(3)30-21-18(25)10-16(11-19(21)29-5-2)12-20-22(27)26(23(28)31-20)13-15-6-8-17(24)9-7-15/h6-12,14H,4-5,13H2,1-3H3/b20-12+/t14-/m0/s1. The van der Waals surface area contributed by atoms with Crippen molar-refractivity contribution < 1.29 is 19.1 Å². The summed E-state index contributed by atoms with van der Waals surface area (Å²) in [5.41, 5.74) is 1.48. The summed E-state index contributed by atoms with van der Waals surface area (Å²) in [5, 5.41) is 0.664. The molecule has 0 spiro atoms. The van der Waals surface area contributed by atoms with Gasteiger partial charge in [0.2, 0.25) is 0 Å². The van der Waals surface area contributed by atoms with Gasteiger partial charge in [0.15, 0.2) is 11.5 Å². The van der Waals surface area contributed by atoms with Gasteiger partial charge in [0.05, 0.1) is 29.2 Å². The molecule has 2 aromatic carbocycles. The van der Waals surface area contributed by atoms with Gasteiger partial charge in [-0.1, -0.05) is 42.3 Å². The number of hydrogen-bond acceptors (Lipinski definition) is 5. The Hall–Kier alpha value is -2.15.